The van der Waals surface area contributed by atoms with E-state index >= 15 is 0 Å². The lowest BCUT2D eigenvalue weighted by Crippen LogP contribution is -2.48. The van der Waals surface area contributed by atoms with Gasteiger partial charge in [-0.25, -0.2) is 9.97 Å². The number of nitrogens with one attached hydrogen (secondary N) is 1. The minimum atomic E-state index is -0.585. The number of amides is 1. The van der Waals surface area contributed by atoms with Crippen molar-refractivity contribution in [2.75, 3.05) is 24.6 Å². The topological polar surface area (TPSA) is 93.4 Å². The fourth-order valence-electron chi connectivity index (χ4n) is 3.58. The van der Waals surface area contributed by atoms with Crippen molar-refractivity contribution in [2.24, 2.45) is 5.73 Å². The number of anilines is 1. The lowest BCUT2D eigenvalue weighted by Gasteiger charge is -2.29. The van der Waals surface area contributed by atoms with Gasteiger partial charge in [-0.2, -0.15) is 0 Å². The molecular weight excluding hydrogens is 306 g/mol. The number of hydrogen-bond acceptors (Lipinski definition) is 6. The summed E-state index contributed by atoms with van der Waals surface area (Å²) in [5.41, 5.74) is 7.05. The molecule has 7 heteroatoms. The standard InChI is InChI=1S/C17H27N5O2/c1-10-11(2)19-15(14(18)23)21-16(10)22-7-5-12(9-22)20-13-6-8-24-17(13,3)4/h12-13,20H,5-9H2,1-4H3,(H2,18,23)/t12-,13?/m1/s1. The van der Waals surface area contributed by atoms with E-state index in [0.717, 1.165) is 49.6 Å². The van der Waals surface area contributed by atoms with Gasteiger partial charge in [-0.1, -0.05) is 0 Å². The second kappa shape index (κ2) is 6.29. The molecule has 132 valence electrons. The van der Waals surface area contributed by atoms with Crippen LogP contribution in [0, 0.1) is 13.8 Å². The Kier molecular flexibility index (Phi) is 4.48. The highest BCUT2D eigenvalue weighted by Crippen LogP contribution is 2.28. The monoisotopic (exact) mass is 333 g/mol. The predicted molar refractivity (Wildman–Crippen MR) is 92.2 cm³/mol. The van der Waals surface area contributed by atoms with Crippen molar-refractivity contribution >= 4 is 11.7 Å². The van der Waals surface area contributed by atoms with E-state index in [1.54, 1.807) is 0 Å². The second-order valence-corrected chi connectivity index (χ2v) is 7.34. The first-order valence-corrected chi connectivity index (χ1v) is 8.58. The Balaban J connectivity index is 1.73. The number of carbonyl (C=O) groups excluding carboxylic acids is 1. The number of nitrogens with two attached hydrogens (primary N) is 1. The van der Waals surface area contributed by atoms with E-state index in [1.807, 2.05) is 13.8 Å². The molecule has 0 saturated carbocycles. The number of hydrogen-bond donors (Lipinski definition) is 2. The van der Waals surface area contributed by atoms with E-state index in [1.165, 1.54) is 0 Å². The van der Waals surface area contributed by atoms with E-state index in [-0.39, 0.29) is 11.4 Å². The molecule has 7 nitrogen and oxygen atoms in total. The van der Waals surface area contributed by atoms with Gasteiger partial charge in [0.2, 0.25) is 5.82 Å². The molecule has 3 N–H and O–H groups in total. The number of nitrogens with zero attached hydrogens (tertiary/aromatic N) is 3. The molecule has 2 aliphatic rings. The normalized spacial score (nSPS) is 26.1. The molecule has 0 bridgehead atoms. The quantitative estimate of drug-likeness (QED) is 0.851. The summed E-state index contributed by atoms with van der Waals surface area (Å²) in [6, 6.07) is 0.763. The summed E-state index contributed by atoms with van der Waals surface area (Å²) in [4.78, 5) is 22.2. The minimum Gasteiger partial charge on any atom is -0.374 e. The number of aryl methyl sites for hydroxylation is 1. The number of aromatic nitrogens is 2. The molecule has 0 aromatic carbocycles. The van der Waals surface area contributed by atoms with Crippen molar-refractivity contribution in [1.82, 2.24) is 15.3 Å². The van der Waals surface area contributed by atoms with Crippen molar-refractivity contribution < 1.29 is 9.53 Å². The highest BCUT2D eigenvalue weighted by Gasteiger charge is 2.38. The Morgan fingerprint density at radius 2 is 2.08 bits per heavy atom. The first kappa shape index (κ1) is 17.1. The van der Waals surface area contributed by atoms with Crippen molar-refractivity contribution in [3.05, 3.63) is 17.1 Å². The van der Waals surface area contributed by atoms with Gasteiger partial charge in [0.25, 0.3) is 5.91 Å². The van der Waals surface area contributed by atoms with E-state index in [2.05, 4.69) is 34.0 Å². The molecule has 0 aliphatic carbocycles. The van der Waals surface area contributed by atoms with Gasteiger partial charge in [0, 0.05) is 43.0 Å². The number of carbonyl (C=O) groups is 1. The van der Waals surface area contributed by atoms with Crippen LogP contribution < -0.4 is 16.0 Å². The van der Waals surface area contributed by atoms with Crippen molar-refractivity contribution in [3.63, 3.8) is 0 Å². The predicted octanol–water partition coefficient (Wildman–Crippen LogP) is 0.928. The van der Waals surface area contributed by atoms with E-state index in [4.69, 9.17) is 10.5 Å². The summed E-state index contributed by atoms with van der Waals surface area (Å²) < 4.78 is 5.80. The Morgan fingerprint density at radius 3 is 2.71 bits per heavy atom. The van der Waals surface area contributed by atoms with Crippen LogP contribution in [0.25, 0.3) is 0 Å². The summed E-state index contributed by atoms with van der Waals surface area (Å²) in [5, 5.41) is 3.74. The third-order valence-electron chi connectivity index (χ3n) is 5.23. The second-order valence-electron chi connectivity index (χ2n) is 7.34. The molecule has 3 rings (SSSR count). The summed E-state index contributed by atoms with van der Waals surface area (Å²) >= 11 is 0. The van der Waals surface area contributed by atoms with Crippen molar-refractivity contribution in [3.8, 4) is 0 Å². The van der Waals surface area contributed by atoms with Crippen LogP contribution >= 0.6 is 0 Å². The Labute approximate surface area is 143 Å². The maximum absolute atomic E-state index is 11.5. The molecule has 0 radical (unpaired) electrons. The van der Waals surface area contributed by atoms with Gasteiger partial charge in [0.1, 0.15) is 5.82 Å². The maximum atomic E-state index is 11.5. The SMILES string of the molecule is Cc1nc(C(N)=O)nc(N2CC[C@@H](NC3CCOC3(C)C)C2)c1C. The third-order valence-corrected chi connectivity index (χ3v) is 5.23. The molecule has 2 aliphatic heterocycles. The highest BCUT2D eigenvalue weighted by molar-refractivity contribution is 5.89. The van der Waals surface area contributed by atoms with Gasteiger partial charge in [-0.05, 0) is 40.5 Å². The molecule has 24 heavy (non-hydrogen) atoms. The molecular formula is C17H27N5O2. The van der Waals surface area contributed by atoms with Gasteiger partial charge < -0.3 is 20.7 Å². The van der Waals surface area contributed by atoms with Gasteiger partial charge in [0.15, 0.2) is 0 Å². The molecule has 1 aromatic heterocycles. The van der Waals surface area contributed by atoms with Crippen molar-refractivity contribution in [1.29, 1.82) is 0 Å². The van der Waals surface area contributed by atoms with Crippen LogP contribution in [0.3, 0.4) is 0 Å². The Hall–Kier alpha value is -1.73. The van der Waals surface area contributed by atoms with Crippen LogP contribution in [0.2, 0.25) is 0 Å². The van der Waals surface area contributed by atoms with Gasteiger partial charge in [-0.3, -0.25) is 4.79 Å². The zero-order valence-corrected chi connectivity index (χ0v) is 14.9. The zero-order valence-electron chi connectivity index (χ0n) is 14.9. The Morgan fingerprint density at radius 1 is 1.33 bits per heavy atom. The molecule has 2 atom stereocenters. The maximum Gasteiger partial charge on any atom is 0.286 e. The van der Waals surface area contributed by atoms with E-state index in [0.29, 0.717) is 12.1 Å². The van der Waals surface area contributed by atoms with Crippen LogP contribution in [0.15, 0.2) is 0 Å². The molecule has 1 amide bonds. The van der Waals surface area contributed by atoms with Crippen LogP contribution in [-0.4, -0.2) is 53.3 Å². The lowest BCUT2D eigenvalue weighted by atomic mass is 9.98. The summed E-state index contributed by atoms with van der Waals surface area (Å²) in [7, 11) is 0. The summed E-state index contributed by atoms with van der Waals surface area (Å²) in [6.45, 7) is 10.7. The lowest BCUT2D eigenvalue weighted by molar-refractivity contribution is 0.0199. The fraction of sp³-hybridized carbons (Fsp3) is 0.706. The Bertz CT molecular complexity index is 646. The molecule has 1 unspecified atom stereocenters. The van der Waals surface area contributed by atoms with Crippen molar-refractivity contribution in [2.45, 2.75) is 58.2 Å². The van der Waals surface area contributed by atoms with Crippen LogP contribution in [0.1, 0.15) is 48.6 Å². The number of primary amides is 1. The van der Waals surface area contributed by atoms with Crippen LogP contribution in [-0.2, 0) is 4.74 Å². The van der Waals surface area contributed by atoms with Crippen LogP contribution in [0.4, 0.5) is 5.82 Å². The van der Waals surface area contributed by atoms with Crippen LogP contribution in [0.5, 0.6) is 0 Å². The average Bonchev–Trinajstić information content (AvgIpc) is 3.09. The molecule has 1 aromatic rings. The molecule has 2 fully saturated rings. The third kappa shape index (κ3) is 3.23. The smallest absolute Gasteiger partial charge is 0.286 e. The zero-order chi connectivity index (χ0) is 17.5. The highest BCUT2D eigenvalue weighted by atomic mass is 16.5. The largest absolute Gasteiger partial charge is 0.374 e. The summed E-state index contributed by atoms with van der Waals surface area (Å²) in [6.07, 6.45) is 2.09. The van der Waals surface area contributed by atoms with E-state index in [9.17, 15) is 4.79 Å². The molecule has 3 heterocycles. The number of rotatable bonds is 4. The van der Waals surface area contributed by atoms with E-state index < -0.39 is 5.91 Å². The first-order valence-electron chi connectivity index (χ1n) is 8.58. The van der Waals surface area contributed by atoms with Gasteiger partial charge in [-0.15, -0.1) is 0 Å². The first-order chi connectivity index (χ1) is 11.3. The fourth-order valence-corrected chi connectivity index (χ4v) is 3.58. The molecule has 2 saturated heterocycles. The minimum absolute atomic E-state index is 0.0924. The number of ether oxygens (including phenoxy) is 1. The summed E-state index contributed by atoms with van der Waals surface area (Å²) in [5.74, 6) is 0.329. The average molecular weight is 333 g/mol. The molecule has 0 spiro atoms. The van der Waals surface area contributed by atoms with Gasteiger partial charge in [0.05, 0.1) is 5.60 Å². The van der Waals surface area contributed by atoms with Gasteiger partial charge >= 0.3 is 0 Å².